The maximum absolute atomic E-state index is 12.6. The predicted octanol–water partition coefficient (Wildman–Crippen LogP) is 1.69. The molecular weight excluding hydrogens is 284 g/mol. The van der Waals surface area contributed by atoms with Crippen LogP contribution in [-0.2, 0) is 0 Å². The molecule has 0 saturated carbocycles. The summed E-state index contributed by atoms with van der Waals surface area (Å²) in [5, 5.41) is 3.31. The summed E-state index contributed by atoms with van der Waals surface area (Å²) >= 11 is 0.979. The Kier molecular flexibility index (Phi) is 5.32. The summed E-state index contributed by atoms with van der Waals surface area (Å²) in [5.41, 5.74) is 5.49. The topological polar surface area (TPSA) is 55.1 Å². The first-order valence-corrected chi connectivity index (χ1v) is 5.97. The minimum atomic E-state index is -4.25. The minimum absolute atomic E-state index is 0.0837. The van der Waals surface area contributed by atoms with Crippen molar-refractivity contribution in [3.05, 3.63) is 21.9 Å². The fourth-order valence-electron chi connectivity index (χ4n) is 1.09. The van der Waals surface area contributed by atoms with Gasteiger partial charge in [-0.1, -0.05) is 11.8 Å². The molecule has 8 heteroatoms. The average Bonchev–Trinajstić information content (AvgIpc) is 2.81. The Balaban J connectivity index is 2.72. The van der Waals surface area contributed by atoms with Crippen molar-refractivity contribution in [3.63, 3.8) is 0 Å². The van der Waals surface area contributed by atoms with Crippen LogP contribution in [0.5, 0.6) is 0 Å². The Bertz CT molecular complexity index is 504. The normalized spacial score (nSPS) is 11.1. The number of hydrogen-bond donors (Lipinski definition) is 2. The number of alkyl halides is 4. The van der Waals surface area contributed by atoms with Crippen LogP contribution in [-0.4, -0.2) is 31.3 Å². The molecule has 0 aliphatic rings. The van der Waals surface area contributed by atoms with E-state index < -0.39 is 24.8 Å². The molecule has 0 aliphatic heterocycles. The maximum Gasteiger partial charge on any atom is 0.324 e. The molecule has 0 saturated heterocycles. The molecule has 1 amide bonds. The molecule has 0 atom stereocenters. The fraction of sp³-hybridized carbons (Fsp3) is 0.364. The number of thiophene rings is 1. The Morgan fingerprint density at radius 2 is 2.21 bits per heavy atom. The van der Waals surface area contributed by atoms with E-state index in [1.165, 1.54) is 6.07 Å². The second-order valence-corrected chi connectivity index (χ2v) is 4.33. The monoisotopic (exact) mass is 294 g/mol. The summed E-state index contributed by atoms with van der Waals surface area (Å²) in [5.74, 6) is -0.0127. The molecule has 104 valence electrons. The van der Waals surface area contributed by atoms with E-state index in [9.17, 15) is 22.4 Å². The minimum Gasteiger partial charge on any atom is -0.345 e. The van der Waals surface area contributed by atoms with Gasteiger partial charge in [0.25, 0.3) is 5.91 Å². The molecule has 1 heterocycles. The standard InChI is InChI=1S/C11H10F4N2OS/c12-10(13)11(14,15)6-17-9(18)8-7(2-1-4-16)3-5-19-8/h3,5,10H,4,6,16H2,(H,17,18). The molecule has 19 heavy (non-hydrogen) atoms. The SMILES string of the molecule is NCC#Cc1ccsc1C(=O)NCC(F)(F)C(F)F. The van der Waals surface area contributed by atoms with Gasteiger partial charge in [0, 0.05) is 5.56 Å². The highest BCUT2D eigenvalue weighted by Crippen LogP contribution is 2.22. The van der Waals surface area contributed by atoms with Crippen LogP contribution in [0.15, 0.2) is 11.4 Å². The summed E-state index contributed by atoms with van der Waals surface area (Å²) in [6, 6.07) is 1.52. The first kappa shape index (κ1) is 15.5. The third-order valence-corrected chi connectivity index (χ3v) is 2.91. The first-order chi connectivity index (χ1) is 8.88. The van der Waals surface area contributed by atoms with Gasteiger partial charge in [-0.3, -0.25) is 4.79 Å². The first-order valence-electron chi connectivity index (χ1n) is 5.09. The van der Waals surface area contributed by atoms with Gasteiger partial charge in [-0.15, -0.1) is 11.3 Å². The lowest BCUT2D eigenvalue weighted by atomic mass is 10.2. The lowest BCUT2D eigenvalue weighted by Crippen LogP contribution is -2.41. The van der Waals surface area contributed by atoms with Gasteiger partial charge < -0.3 is 11.1 Å². The average molecular weight is 294 g/mol. The molecule has 0 unspecified atom stereocenters. The molecule has 1 aromatic heterocycles. The second-order valence-electron chi connectivity index (χ2n) is 3.41. The molecule has 1 rings (SSSR count). The van der Waals surface area contributed by atoms with Crippen molar-refractivity contribution in [3.8, 4) is 11.8 Å². The van der Waals surface area contributed by atoms with Crippen molar-refractivity contribution in [1.82, 2.24) is 5.32 Å². The van der Waals surface area contributed by atoms with Crippen molar-refractivity contribution in [1.29, 1.82) is 0 Å². The van der Waals surface area contributed by atoms with Gasteiger partial charge in [-0.2, -0.15) is 8.78 Å². The molecular formula is C11H10F4N2OS. The molecule has 3 N–H and O–H groups in total. The van der Waals surface area contributed by atoms with Crippen LogP contribution < -0.4 is 11.1 Å². The van der Waals surface area contributed by atoms with Crippen LogP contribution >= 0.6 is 11.3 Å². The Labute approximate surface area is 110 Å². The summed E-state index contributed by atoms with van der Waals surface area (Å²) < 4.78 is 49.1. The third kappa shape index (κ3) is 4.22. The molecule has 0 bridgehead atoms. The highest BCUT2D eigenvalue weighted by atomic mass is 32.1. The Morgan fingerprint density at radius 3 is 2.79 bits per heavy atom. The predicted molar refractivity (Wildman–Crippen MR) is 63.5 cm³/mol. The zero-order chi connectivity index (χ0) is 14.5. The van der Waals surface area contributed by atoms with E-state index in [0.29, 0.717) is 5.56 Å². The lowest BCUT2D eigenvalue weighted by Gasteiger charge is -2.15. The third-order valence-electron chi connectivity index (χ3n) is 2.00. The highest BCUT2D eigenvalue weighted by molar-refractivity contribution is 7.12. The Morgan fingerprint density at radius 1 is 1.53 bits per heavy atom. The molecule has 1 aromatic rings. The van der Waals surface area contributed by atoms with Crippen LogP contribution in [0.4, 0.5) is 17.6 Å². The number of halogens is 4. The second kappa shape index (κ2) is 6.54. The largest absolute Gasteiger partial charge is 0.345 e. The number of rotatable bonds is 4. The van der Waals surface area contributed by atoms with E-state index in [2.05, 4.69) is 11.8 Å². The van der Waals surface area contributed by atoms with Crippen LogP contribution in [0.2, 0.25) is 0 Å². The number of hydrogen-bond acceptors (Lipinski definition) is 3. The van der Waals surface area contributed by atoms with Crippen molar-refractivity contribution in [2.24, 2.45) is 5.73 Å². The number of carbonyl (C=O) groups excluding carboxylic acids is 1. The maximum atomic E-state index is 12.6. The lowest BCUT2D eigenvalue weighted by molar-refractivity contribution is -0.123. The molecule has 0 spiro atoms. The van der Waals surface area contributed by atoms with Gasteiger partial charge in [0.1, 0.15) is 4.88 Å². The summed E-state index contributed by atoms with van der Waals surface area (Å²) in [4.78, 5) is 11.7. The molecule has 0 fully saturated rings. The van der Waals surface area contributed by atoms with Gasteiger partial charge in [0.2, 0.25) is 0 Å². The summed E-state index contributed by atoms with van der Waals surface area (Å²) in [7, 11) is 0. The van der Waals surface area contributed by atoms with Gasteiger partial charge in [0.15, 0.2) is 0 Å². The molecule has 0 aromatic carbocycles. The fourth-order valence-corrected chi connectivity index (χ4v) is 1.85. The van der Waals surface area contributed by atoms with E-state index in [-0.39, 0.29) is 11.4 Å². The molecule has 0 radical (unpaired) electrons. The van der Waals surface area contributed by atoms with Gasteiger partial charge >= 0.3 is 12.3 Å². The van der Waals surface area contributed by atoms with Crippen LogP contribution in [0, 0.1) is 11.8 Å². The van der Waals surface area contributed by atoms with Crippen LogP contribution in [0.1, 0.15) is 15.2 Å². The van der Waals surface area contributed by atoms with Crippen LogP contribution in [0.3, 0.4) is 0 Å². The quantitative estimate of drug-likeness (QED) is 0.656. The van der Waals surface area contributed by atoms with Crippen molar-refractivity contribution in [2.75, 3.05) is 13.1 Å². The van der Waals surface area contributed by atoms with E-state index in [1.54, 1.807) is 10.7 Å². The van der Waals surface area contributed by atoms with Gasteiger partial charge in [-0.25, -0.2) is 8.78 Å². The van der Waals surface area contributed by atoms with Crippen molar-refractivity contribution < 1.29 is 22.4 Å². The van der Waals surface area contributed by atoms with E-state index >= 15 is 0 Å². The van der Waals surface area contributed by atoms with E-state index in [1.807, 2.05) is 0 Å². The van der Waals surface area contributed by atoms with Crippen molar-refractivity contribution in [2.45, 2.75) is 12.3 Å². The number of carbonyl (C=O) groups is 1. The van der Waals surface area contributed by atoms with E-state index in [0.717, 1.165) is 11.3 Å². The summed E-state index contributed by atoms with van der Waals surface area (Å²) in [6.07, 6.45) is -3.83. The highest BCUT2D eigenvalue weighted by Gasteiger charge is 2.41. The molecule has 3 nitrogen and oxygen atoms in total. The number of nitrogens with two attached hydrogens (primary N) is 1. The Hall–Kier alpha value is -1.59. The number of nitrogens with one attached hydrogen (secondary N) is 1. The molecule has 0 aliphatic carbocycles. The zero-order valence-corrected chi connectivity index (χ0v) is 10.4. The zero-order valence-electron chi connectivity index (χ0n) is 9.55. The van der Waals surface area contributed by atoms with E-state index in [4.69, 9.17) is 5.73 Å². The van der Waals surface area contributed by atoms with Crippen molar-refractivity contribution >= 4 is 17.2 Å². The van der Waals surface area contributed by atoms with Gasteiger partial charge in [0.05, 0.1) is 13.1 Å². The van der Waals surface area contributed by atoms with Crippen LogP contribution in [0.25, 0.3) is 0 Å². The number of amides is 1. The van der Waals surface area contributed by atoms with Gasteiger partial charge in [-0.05, 0) is 11.4 Å². The summed E-state index contributed by atoms with van der Waals surface area (Å²) in [6.45, 7) is -1.34. The smallest absolute Gasteiger partial charge is 0.324 e.